The van der Waals surface area contributed by atoms with Crippen LogP contribution in [0.15, 0.2) is 23.2 Å². The fourth-order valence-electron chi connectivity index (χ4n) is 1.98. The first-order chi connectivity index (χ1) is 12.4. The second-order valence-corrected chi connectivity index (χ2v) is 7.25. The summed E-state index contributed by atoms with van der Waals surface area (Å²) < 4.78 is 79.6. The van der Waals surface area contributed by atoms with Crippen molar-refractivity contribution in [1.29, 1.82) is 0 Å². The van der Waals surface area contributed by atoms with Crippen LogP contribution in [0, 0.1) is 0 Å². The third kappa shape index (κ3) is 5.99. The van der Waals surface area contributed by atoms with E-state index in [-0.39, 0.29) is 32.4 Å². The highest BCUT2D eigenvalue weighted by Gasteiger charge is 2.38. The van der Waals surface area contributed by atoms with E-state index in [1.54, 1.807) is 0 Å². The van der Waals surface area contributed by atoms with E-state index in [9.17, 15) is 35.9 Å². The molecule has 1 heterocycles. The molecule has 0 saturated heterocycles. The number of rotatable bonds is 4. The molecule has 0 unspecified atom stereocenters. The Morgan fingerprint density at radius 3 is 2.44 bits per heavy atom. The number of fused-ring (bicyclic) bond motifs is 1. The van der Waals surface area contributed by atoms with Crippen LogP contribution in [0.5, 0.6) is 5.75 Å². The van der Waals surface area contributed by atoms with Crippen molar-refractivity contribution in [2.75, 3.05) is 5.75 Å². The molecule has 13 heteroatoms. The van der Waals surface area contributed by atoms with E-state index >= 15 is 0 Å². The summed E-state index contributed by atoms with van der Waals surface area (Å²) in [5, 5.41) is -0.221. The number of aryl methyl sites for hydroxylation is 1. The normalized spacial score (nSPS) is 13.2. The standard InChI is InChI=1S/C14H10F6N2O3S2/c1-7(23)26-5-4-22-9-3-2-8(25-14(18,19)20)6-10(9)27-12(22)21-11(24)13(15,16)17/h2-3,6H,4-5H2,1H3. The monoisotopic (exact) mass is 432 g/mol. The molecule has 0 atom stereocenters. The molecule has 0 bridgehead atoms. The van der Waals surface area contributed by atoms with E-state index in [4.69, 9.17) is 0 Å². The minimum Gasteiger partial charge on any atom is -0.406 e. The predicted molar refractivity (Wildman–Crippen MR) is 86.3 cm³/mol. The molecule has 5 nitrogen and oxygen atoms in total. The molecule has 1 amide bonds. The van der Waals surface area contributed by atoms with Gasteiger partial charge in [-0.15, -0.1) is 13.2 Å². The number of alkyl halides is 6. The van der Waals surface area contributed by atoms with Gasteiger partial charge in [0, 0.05) is 19.2 Å². The van der Waals surface area contributed by atoms with Crippen LogP contribution in [0.2, 0.25) is 0 Å². The first kappa shape index (κ1) is 21.3. The molecule has 0 N–H and O–H groups in total. The van der Waals surface area contributed by atoms with Crippen LogP contribution in [0.25, 0.3) is 10.2 Å². The predicted octanol–water partition coefficient (Wildman–Crippen LogP) is 3.87. The Hall–Kier alpha value is -2.02. The van der Waals surface area contributed by atoms with E-state index in [0.29, 0.717) is 11.3 Å². The summed E-state index contributed by atoms with van der Waals surface area (Å²) >= 11 is 1.51. The lowest BCUT2D eigenvalue weighted by Crippen LogP contribution is -2.25. The lowest BCUT2D eigenvalue weighted by molar-refractivity contribution is -0.274. The fourth-order valence-corrected chi connectivity index (χ4v) is 3.63. The first-order valence-electron chi connectivity index (χ1n) is 7.05. The van der Waals surface area contributed by atoms with Gasteiger partial charge in [-0.25, -0.2) is 0 Å². The van der Waals surface area contributed by atoms with Crippen molar-refractivity contribution in [2.45, 2.75) is 26.0 Å². The molecule has 1 aromatic heterocycles. The van der Waals surface area contributed by atoms with Crippen LogP contribution in [-0.4, -0.2) is 33.9 Å². The number of ether oxygens (including phenoxy) is 1. The highest BCUT2D eigenvalue weighted by Crippen LogP contribution is 2.28. The molecule has 0 aliphatic carbocycles. The van der Waals surface area contributed by atoms with Crippen molar-refractivity contribution in [2.24, 2.45) is 4.99 Å². The Bertz CT molecular complexity index is 930. The number of carbonyl (C=O) groups excluding carboxylic acids is 2. The minimum absolute atomic E-state index is 0.0215. The van der Waals surface area contributed by atoms with E-state index in [2.05, 4.69) is 9.73 Å². The van der Waals surface area contributed by atoms with Crippen molar-refractivity contribution in [3.05, 3.63) is 23.0 Å². The Balaban J connectivity index is 2.52. The van der Waals surface area contributed by atoms with Crippen molar-refractivity contribution in [3.63, 3.8) is 0 Å². The molecule has 0 fully saturated rings. The smallest absolute Gasteiger partial charge is 0.406 e. The number of benzene rings is 1. The van der Waals surface area contributed by atoms with Crippen LogP contribution in [0.4, 0.5) is 26.3 Å². The van der Waals surface area contributed by atoms with Gasteiger partial charge in [-0.3, -0.25) is 9.59 Å². The Morgan fingerprint density at radius 1 is 1.22 bits per heavy atom. The molecule has 2 rings (SSSR count). The van der Waals surface area contributed by atoms with E-state index < -0.39 is 24.2 Å². The zero-order valence-corrected chi connectivity index (χ0v) is 15.0. The molecule has 0 spiro atoms. The summed E-state index contributed by atoms with van der Waals surface area (Å²) in [5.74, 6) is -2.72. The second kappa shape index (κ2) is 7.92. The number of hydrogen-bond donors (Lipinski definition) is 0. The summed E-state index contributed by atoms with van der Waals surface area (Å²) in [6.45, 7) is 1.33. The van der Waals surface area contributed by atoms with E-state index in [1.165, 1.54) is 17.6 Å². The van der Waals surface area contributed by atoms with Crippen molar-refractivity contribution in [3.8, 4) is 5.75 Å². The topological polar surface area (TPSA) is 60.7 Å². The molecule has 0 saturated carbocycles. The highest BCUT2D eigenvalue weighted by atomic mass is 32.2. The highest BCUT2D eigenvalue weighted by molar-refractivity contribution is 8.13. The van der Waals surface area contributed by atoms with Crippen molar-refractivity contribution < 1.29 is 40.7 Å². The van der Waals surface area contributed by atoms with E-state index in [1.807, 2.05) is 0 Å². The van der Waals surface area contributed by atoms with Crippen LogP contribution in [0.1, 0.15) is 6.92 Å². The Kier molecular flexibility index (Phi) is 6.24. The molecule has 0 radical (unpaired) electrons. The van der Waals surface area contributed by atoms with Crippen LogP contribution in [-0.2, 0) is 16.1 Å². The summed E-state index contributed by atoms with van der Waals surface area (Å²) in [6.07, 6.45) is -10.1. The van der Waals surface area contributed by atoms with Crippen molar-refractivity contribution >= 4 is 44.3 Å². The lowest BCUT2D eigenvalue weighted by atomic mass is 10.3. The molecular formula is C14H10F6N2O3S2. The summed E-state index contributed by atoms with van der Waals surface area (Å²) in [4.78, 5) is 24.9. The SMILES string of the molecule is CC(=O)SCCn1c(=NC(=O)C(F)(F)F)sc2cc(OC(F)(F)F)ccc21. The van der Waals surface area contributed by atoms with Gasteiger partial charge < -0.3 is 9.30 Å². The van der Waals surface area contributed by atoms with Gasteiger partial charge in [-0.1, -0.05) is 23.1 Å². The fraction of sp³-hybridized carbons (Fsp3) is 0.357. The average Bonchev–Trinajstić information content (AvgIpc) is 2.81. The average molecular weight is 432 g/mol. The van der Waals surface area contributed by atoms with Crippen LogP contribution < -0.4 is 9.54 Å². The Labute approximate surface area is 155 Å². The Morgan fingerprint density at radius 2 is 1.89 bits per heavy atom. The molecule has 1 aromatic carbocycles. The molecule has 0 aliphatic rings. The lowest BCUT2D eigenvalue weighted by Gasteiger charge is -2.09. The third-order valence-electron chi connectivity index (χ3n) is 2.95. The number of nitrogens with zero attached hydrogens (tertiary/aromatic N) is 2. The number of halogens is 6. The number of thioether (sulfide) groups is 1. The maximum absolute atomic E-state index is 12.5. The van der Waals surface area contributed by atoms with Gasteiger partial charge in [0.15, 0.2) is 9.92 Å². The molecule has 27 heavy (non-hydrogen) atoms. The van der Waals surface area contributed by atoms with Crippen LogP contribution >= 0.6 is 23.1 Å². The maximum atomic E-state index is 12.5. The minimum atomic E-state index is -5.19. The molecular weight excluding hydrogens is 422 g/mol. The number of amides is 1. The van der Waals surface area contributed by atoms with Gasteiger partial charge in [0.2, 0.25) is 0 Å². The number of hydrogen-bond acceptors (Lipinski definition) is 5. The van der Waals surface area contributed by atoms with Crippen LogP contribution in [0.3, 0.4) is 0 Å². The third-order valence-corrected chi connectivity index (χ3v) is 4.78. The summed E-state index contributed by atoms with van der Waals surface area (Å²) in [7, 11) is 0. The van der Waals surface area contributed by atoms with E-state index in [0.717, 1.165) is 23.9 Å². The first-order valence-corrected chi connectivity index (χ1v) is 8.85. The van der Waals surface area contributed by atoms with Gasteiger partial charge in [-0.05, 0) is 18.2 Å². The maximum Gasteiger partial charge on any atom is 0.573 e. The van der Waals surface area contributed by atoms with Crippen molar-refractivity contribution in [1.82, 2.24) is 4.57 Å². The van der Waals surface area contributed by atoms with Gasteiger partial charge in [-0.2, -0.15) is 18.2 Å². The molecule has 148 valence electrons. The summed E-state index contributed by atoms with van der Waals surface area (Å²) in [6, 6.07) is 3.19. The van der Waals surface area contributed by atoms with Gasteiger partial charge >= 0.3 is 18.4 Å². The quantitative estimate of drug-likeness (QED) is 0.689. The zero-order valence-electron chi connectivity index (χ0n) is 13.3. The summed E-state index contributed by atoms with van der Waals surface area (Å²) in [5.41, 5.74) is 0.257. The molecule has 0 aliphatic heterocycles. The van der Waals surface area contributed by atoms with Gasteiger partial charge in [0.25, 0.3) is 0 Å². The zero-order chi connectivity index (χ0) is 20.4. The largest absolute Gasteiger partial charge is 0.573 e. The second-order valence-electron chi connectivity index (χ2n) is 4.97. The molecule has 2 aromatic rings. The number of carbonyl (C=O) groups is 2. The van der Waals surface area contributed by atoms with Gasteiger partial charge in [0.1, 0.15) is 5.75 Å². The number of thiazole rings is 1. The number of aromatic nitrogens is 1. The van der Waals surface area contributed by atoms with Gasteiger partial charge in [0.05, 0.1) is 10.2 Å².